The van der Waals surface area contributed by atoms with Crippen LogP contribution in [0.1, 0.15) is 33.3 Å². The van der Waals surface area contributed by atoms with Crippen molar-refractivity contribution in [2.75, 3.05) is 74.3 Å². The summed E-state index contributed by atoms with van der Waals surface area (Å²) in [6.45, 7) is 18.7. The van der Waals surface area contributed by atoms with Crippen molar-refractivity contribution in [2.45, 2.75) is 34.2 Å². The molecule has 9 nitrogen and oxygen atoms in total. The first-order valence-corrected chi connectivity index (χ1v) is 16.9. The predicted molar refractivity (Wildman–Crippen MR) is 183 cm³/mol. The van der Waals surface area contributed by atoms with Gasteiger partial charge in [0, 0.05) is 18.8 Å². The summed E-state index contributed by atoms with van der Waals surface area (Å²) in [6, 6.07) is 29.3. The molecule has 0 radical (unpaired) electrons. The highest BCUT2D eigenvalue weighted by atomic mass is 79.9. The molecule has 3 aromatic carbocycles. The molecule has 0 saturated heterocycles. The number of amidine groups is 1. The second kappa shape index (κ2) is 20.8. The number of rotatable bonds is 9. The van der Waals surface area contributed by atoms with Gasteiger partial charge in [0.05, 0.1) is 63.6 Å². The summed E-state index contributed by atoms with van der Waals surface area (Å²) in [7, 11) is -3.67. The van der Waals surface area contributed by atoms with E-state index in [0.717, 1.165) is 38.7 Å². The third-order valence-electron chi connectivity index (χ3n) is 7.59. The number of nitrogens with zero attached hydrogens (tertiary/aromatic N) is 3. The molecule has 11 heteroatoms. The van der Waals surface area contributed by atoms with Crippen LogP contribution in [0.25, 0.3) is 0 Å². The zero-order valence-electron chi connectivity index (χ0n) is 26.8. The van der Waals surface area contributed by atoms with Gasteiger partial charge in [-0.05, 0) is 57.5 Å². The molecule has 3 aromatic rings. The van der Waals surface area contributed by atoms with Gasteiger partial charge in [0.2, 0.25) is 0 Å². The summed E-state index contributed by atoms with van der Waals surface area (Å²) < 4.78 is 27.1. The average molecular weight is 692 g/mol. The minimum atomic E-state index is -3.67. The summed E-state index contributed by atoms with van der Waals surface area (Å²) in [5.74, 6) is 1.09. The Balaban J connectivity index is 0.000000337. The molecule has 2 aliphatic heterocycles. The normalized spacial score (nSPS) is 12.8. The minimum Gasteiger partial charge on any atom is -1.00 e. The number of benzene rings is 3. The molecule has 4 N–H and O–H groups in total. The lowest BCUT2D eigenvalue weighted by Gasteiger charge is -2.34. The molecular formula is C33H51BrN6O3S. The Labute approximate surface area is 275 Å². The highest BCUT2D eigenvalue weighted by Gasteiger charge is 2.16. The van der Waals surface area contributed by atoms with Crippen molar-refractivity contribution in [3.8, 4) is 0 Å². The van der Waals surface area contributed by atoms with Gasteiger partial charge >= 0.3 is 0 Å². The molecule has 5 rings (SSSR count). The largest absolute Gasteiger partial charge is 1.00 e. The van der Waals surface area contributed by atoms with Gasteiger partial charge in [0.25, 0.3) is 10.1 Å². The van der Waals surface area contributed by atoms with E-state index in [2.05, 4.69) is 126 Å². The topological polar surface area (TPSA) is 106 Å². The number of fused-ring (bicyclic) bond motifs is 1. The van der Waals surface area contributed by atoms with E-state index in [1.807, 2.05) is 12.1 Å². The van der Waals surface area contributed by atoms with Gasteiger partial charge in [-0.15, -0.1) is 0 Å². The van der Waals surface area contributed by atoms with Crippen LogP contribution in [0.5, 0.6) is 0 Å². The number of halogens is 1. The van der Waals surface area contributed by atoms with Crippen LogP contribution in [-0.2, 0) is 16.7 Å². The lowest BCUT2D eigenvalue weighted by Crippen LogP contribution is -3.00. The van der Waals surface area contributed by atoms with Gasteiger partial charge in [-0.1, -0.05) is 60.7 Å². The number of hydrogen-bond donors (Lipinski definition) is 4. The second-order valence-corrected chi connectivity index (χ2v) is 11.8. The van der Waals surface area contributed by atoms with Crippen molar-refractivity contribution < 1.29 is 34.4 Å². The standard InChI is InChI=1S/C17H19N3.C8H20N.C7H8N2.CH4O3S.BrH/c1-3-7-15(8-4-1)13-20(14-17-18-11-12-19-17)16-9-5-2-6-10-16;1-5-9(6-2,7-3)8-4;1-2-4-7-6(3-1)8-5-9-7;1-5(2,3)4;/h1-10H,11-14H2,(H,18,19);5-8H2,1-4H3;1-4,8-9H,5H2;1H3,(H,2,3,4);1H/q;+1;;;/p-1. The molecule has 0 fully saturated rings. The smallest absolute Gasteiger partial charge is 0.261 e. The van der Waals surface area contributed by atoms with Crippen molar-refractivity contribution in [3.63, 3.8) is 0 Å². The molecule has 0 spiro atoms. The van der Waals surface area contributed by atoms with Gasteiger partial charge in [-0.25, -0.2) is 0 Å². The summed E-state index contributed by atoms with van der Waals surface area (Å²) in [6.07, 6.45) is 0.715. The van der Waals surface area contributed by atoms with Crippen molar-refractivity contribution in [3.05, 3.63) is 90.5 Å². The first-order chi connectivity index (χ1) is 20.6. The van der Waals surface area contributed by atoms with E-state index in [4.69, 9.17) is 4.55 Å². The first-order valence-electron chi connectivity index (χ1n) is 15.1. The number of nitrogens with one attached hydrogen (secondary N) is 3. The van der Waals surface area contributed by atoms with Gasteiger partial charge in [-0.3, -0.25) is 9.55 Å². The maximum absolute atomic E-state index is 9.19. The van der Waals surface area contributed by atoms with E-state index in [1.54, 1.807) is 0 Å². The van der Waals surface area contributed by atoms with E-state index >= 15 is 0 Å². The lowest BCUT2D eigenvalue weighted by atomic mass is 10.2. The molecule has 0 bridgehead atoms. The number of para-hydroxylation sites is 3. The second-order valence-electron chi connectivity index (χ2n) is 10.3. The Bertz CT molecular complexity index is 1280. The number of anilines is 3. The van der Waals surface area contributed by atoms with E-state index in [9.17, 15) is 8.42 Å². The Morgan fingerprint density at radius 2 is 1.20 bits per heavy atom. The molecule has 0 aromatic heterocycles. The van der Waals surface area contributed by atoms with Gasteiger partial charge in [-0.2, -0.15) is 8.42 Å². The quantitative estimate of drug-likeness (QED) is 0.202. The Kier molecular flexibility index (Phi) is 18.4. The Morgan fingerprint density at radius 3 is 1.61 bits per heavy atom. The average Bonchev–Trinajstić information content (AvgIpc) is 3.72. The number of quaternary nitrogens is 1. The van der Waals surface area contributed by atoms with Crippen LogP contribution < -0.4 is 37.8 Å². The van der Waals surface area contributed by atoms with Crippen LogP contribution in [0.15, 0.2) is 89.9 Å². The zero-order chi connectivity index (χ0) is 31.6. The van der Waals surface area contributed by atoms with Crippen molar-refractivity contribution in [2.24, 2.45) is 4.99 Å². The summed E-state index contributed by atoms with van der Waals surface area (Å²) in [4.78, 5) is 6.86. The number of aliphatic imine (C=N–C) groups is 1. The fraction of sp³-hybridized carbons (Fsp3) is 0.424. The van der Waals surface area contributed by atoms with Crippen molar-refractivity contribution >= 4 is 33.0 Å². The molecule has 2 aliphatic rings. The summed E-state index contributed by atoms with van der Waals surface area (Å²) in [5, 5.41) is 9.73. The Morgan fingerprint density at radius 1 is 0.750 bits per heavy atom. The maximum Gasteiger partial charge on any atom is 0.261 e. The van der Waals surface area contributed by atoms with Crippen molar-refractivity contribution in [1.82, 2.24) is 5.32 Å². The highest BCUT2D eigenvalue weighted by Crippen LogP contribution is 2.24. The third-order valence-corrected chi connectivity index (χ3v) is 7.59. The fourth-order valence-corrected chi connectivity index (χ4v) is 4.78. The fourth-order valence-electron chi connectivity index (χ4n) is 4.78. The van der Waals surface area contributed by atoms with E-state index in [0.29, 0.717) is 6.26 Å². The molecule has 44 heavy (non-hydrogen) atoms. The van der Waals surface area contributed by atoms with Gasteiger partial charge in [0.1, 0.15) is 5.84 Å². The van der Waals surface area contributed by atoms with Crippen LogP contribution in [0.2, 0.25) is 0 Å². The van der Waals surface area contributed by atoms with Crippen LogP contribution in [0, 0.1) is 0 Å². The molecule has 0 aliphatic carbocycles. The maximum atomic E-state index is 9.19. The van der Waals surface area contributed by atoms with Crippen LogP contribution in [0.3, 0.4) is 0 Å². The monoisotopic (exact) mass is 690 g/mol. The number of hydrogen-bond acceptors (Lipinski definition) is 7. The third kappa shape index (κ3) is 15.1. The molecule has 2 heterocycles. The van der Waals surface area contributed by atoms with Crippen LogP contribution in [-0.4, -0.2) is 82.0 Å². The van der Waals surface area contributed by atoms with E-state index < -0.39 is 10.1 Å². The Hall–Kier alpha value is -3.12. The zero-order valence-corrected chi connectivity index (χ0v) is 29.2. The van der Waals surface area contributed by atoms with Crippen LogP contribution in [0.4, 0.5) is 17.1 Å². The molecule has 0 unspecified atom stereocenters. The van der Waals surface area contributed by atoms with Gasteiger partial charge in [0.15, 0.2) is 0 Å². The van der Waals surface area contributed by atoms with Crippen molar-refractivity contribution in [1.29, 1.82) is 0 Å². The molecular weight excluding hydrogens is 640 g/mol. The lowest BCUT2D eigenvalue weighted by molar-refractivity contribution is -0.921. The molecule has 0 atom stereocenters. The summed E-state index contributed by atoms with van der Waals surface area (Å²) in [5.41, 5.74) is 4.96. The van der Waals surface area contributed by atoms with E-state index in [1.165, 1.54) is 53.3 Å². The SMILES string of the molecule is CC[N+](CC)(CC)CC.CS(=O)(=O)O.[Br-].c1ccc(CN(CC2=NCCN2)c2ccccc2)cc1.c1ccc2c(c1)NCN2. The molecule has 0 amide bonds. The van der Waals surface area contributed by atoms with Crippen LogP contribution >= 0.6 is 0 Å². The van der Waals surface area contributed by atoms with E-state index in [-0.39, 0.29) is 17.0 Å². The first kappa shape index (κ1) is 38.9. The van der Waals surface area contributed by atoms with Gasteiger partial charge < -0.3 is 42.3 Å². The minimum absolute atomic E-state index is 0. The highest BCUT2D eigenvalue weighted by molar-refractivity contribution is 7.85. The summed E-state index contributed by atoms with van der Waals surface area (Å²) >= 11 is 0. The molecule has 0 saturated carbocycles. The molecule has 244 valence electrons. The predicted octanol–water partition coefficient (Wildman–Crippen LogP) is 2.57.